The molecule has 0 atom stereocenters. The molecule has 0 saturated carbocycles. The third-order valence-corrected chi connectivity index (χ3v) is 6.23. The van der Waals surface area contributed by atoms with E-state index in [0.29, 0.717) is 11.1 Å². The second-order valence-corrected chi connectivity index (χ2v) is 7.92. The summed E-state index contributed by atoms with van der Waals surface area (Å²) in [6, 6.07) is 23.3. The monoisotopic (exact) mass is 399 g/mol. The number of benzene rings is 3. The number of hydrogen-bond donors (Lipinski definition) is 1. The van der Waals surface area contributed by atoms with Gasteiger partial charge in [0.15, 0.2) is 0 Å². The van der Waals surface area contributed by atoms with Crippen molar-refractivity contribution in [1.82, 2.24) is 0 Å². The molecule has 29 heavy (non-hydrogen) atoms. The third-order valence-electron chi connectivity index (χ3n) is 5.08. The maximum atomic E-state index is 13.0. The van der Waals surface area contributed by atoms with Gasteiger partial charge in [-0.1, -0.05) is 42.1 Å². The second-order valence-electron chi connectivity index (χ2n) is 6.83. The van der Waals surface area contributed by atoms with Crippen LogP contribution in [0.25, 0.3) is 0 Å². The lowest BCUT2D eigenvalue weighted by atomic mass is 10.1. The summed E-state index contributed by atoms with van der Waals surface area (Å²) in [6.45, 7) is 4.14. The molecular weight excluding hydrogens is 378 g/mol. The summed E-state index contributed by atoms with van der Waals surface area (Å²) in [6.07, 6.45) is 1.05. The number of carbonyl (C=O) groups is 1. The molecule has 0 radical (unpaired) electrons. The molecule has 5 heteroatoms. The Hall–Kier alpha value is -3.23. The van der Waals surface area contributed by atoms with Crippen molar-refractivity contribution in [3.63, 3.8) is 0 Å². The quantitative estimate of drug-likeness (QED) is 0.629. The molecule has 0 spiro atoms. The van der Waals surface area contributed by atoms with Crippen molar-refractivity contribution in [2.45, 2.75) is 23.1 Å². The lowest BCUT2D eigenvalue weighted by Crippen LogP contribution is -2.19. The van der Waals surface area contributed by atoms with Crippen LogP contribution in [0.15, 0.2) is 76.5 Å². The minimum atomic E-state index is -0.150. The zero-order valence-electron chi connectivity index (χ0n) is 16.2. The van der Waals surface area contributed by atoms with E-state index >= 15 is 0 Å². The molecule has 0 bridgehead atoms. The van der Waals surface area contributed by atoms with Crippen molar-refractivity contribution in [3.05, 3.63) is 83.4 Å². The average molecular weight is 400 g/mol. The van der Waals surface area contributed by atoms with Crippen molar-refractivity contribution in [1.29, 1.82) is 5.26 Å². The van der Waals surface area contributed by atoms with Crippen LogP contribution in [0.2, 0.25) is 0 Å². The summed E-state index contributed by atoms with van der Waals surface area (Å²) in [5.41, 5.74) is 4.53. The number of hydrogen-bond acceptors (Lipinski definition) is 4. The van der Waals surface area contributed by atoms with E-state index in [9.17, 15) is 10.1 Å². The van der Waals surface area contributed by atoms with Crippen LogP contribution < -0.4 is 10.2 Å². The zero-order chi connectivity index (χ0) is 20.2. The minimum Gasteiger partial charge on any atom is -0.371 e. The van der Waals surface area contributed by atoms with Crippen LogP contribution in [0, 0.1) is 11.3 Å². The molecule has 1 amide bonds. The van der Waals surface area contributed by atoms with Gasteiger partial charge >= 0.3 is 0 Å². The number of fused-ring (bicyclic) bond motifs is 1. The Kier molecular flexibility index (Phi) is 5.55. The van der Waals surface area contributed by atoms with Crippen LogP contribution in [0.3, 0.4) is 0 Å². The first-order chi connectivity index (χ1) is 14.2. The summed E-state index contributed by atoms with van der Waals surface area (Å²) in [5.74, 6) is -0.150. The minimum absolute atomic E-state index is 0.150. The van der Waals surface area contributed by atoms with Gasteiger partial charge in [-0.2, -0.15) is 5.26 Å². The summed E-state index contributed by atoms with van der Waals surface area (Å²) < 4.78 is 0. The number of rotatable bonds is 5. The van der Waals surface area contributed by atoms with Crippen LogP contribution >= 0.6 is 11.8 Å². The fourth-order valence-electron chi connectivity index (χ4n) is 3.56. The number of nitriles is 1. The highest BCUT2D eigenvalue weighted by Gasteiger charge is 2.19. The molecule has 1 aliphatic heterocycles. The van der Waals surface area contributed by atoms with Crippen molar-refractivity contribution < 1.29 is 4.79 Å². The Morgan fingerprint density at radius 3 is 2.66 bits per heavy atom. The maximum absolute atomic E-state index is 13.0. The van der Waals surface area contributed by atoms with Crippen molar-refractivity contribution in [3.8, 4) is 6.07 Å². The fraction of sp³-hybridized carbons (Fsp3) is 0.167. The van der Waals surface area contributed by atoms with Gasteiger partial charge < -0.3 is 10.2 Å². The summed E-state index contributed by atoms with van der Waals surface area (Å²) in [7, 11) is 0. The molecule has 0 aromatic heterocycles. The van der Waals surface area contributed by atoms with Crippen molar-refractivity contribution in [2.75, 3.05) is 23.3 Å². The van der Waals surface area contributed by atoms with E-state index in [1.807, 2.05) is 48.5 Å². The van der Waals surface area contributed by atoms with Gasteiger partial charge in [0.1, 0.15) is 6.07 Å². The highest BCUT2D eigenvalue weighted by Crippen LogP contribution is 2.34. The molecule has 144 valence electrons. The standard InChI is InChI=1S/C24H21N3OS/c1-2-27-14-13-17-11-12-19(15-21(17)27)26-24(28)20-8-4-6-10-23(20)29-22-9-5-3-7-18(22)16-25/h3-12,15H,2,13-14H2,1H3,(H,26,28). The van der Waals surface area contributed by atoms with E-state index in [2.05, 4.69) is 35.3 Å². The van der Waals surface area contributed by atoms with Gasteiger partial charge in [0.05, 0.1) is 11.1 Å². The molecule has 0 aliphatic carbocycles. The molecule has 0 saturated heterocycles. The Morgan fingerprint density at radius 2 is 1.86 bits per heavy atom. The maximum Gasteiger partial charge on any atom is 0.256 e. The zero-order valence-corrected chi connectivity index (χ0v) is 17.0. The van der Waals surface area contributed by atoms with Gasteiger partial charge in [0.25, 0.3) is 5.91 Å². The number of carbonyl (C=O) groups excluding carboxylic acids is 1. The fourth-order valence-corrected chi connectivity index (χ4v) is 4.58. The highest BCUT2D eigenvalue weighted by molar-refractivity contribution is 7.99. The van der Waals surface area contributed by atoms with E-state index in [-0.39, 0.29) is 5.91 Å². The largest absolute Gasteiger partial charge is 0.371 e. The van der Waals surface area contributed by atoms with E-state index in [0.717, 1.165) is 35.0 Å². The van der Waals surface area contributed by atoms with Crippen LogP contribution in [-0.2, 0) is 6.42 Å². The lowest BCUT2D eigenvalue weighted by molar-refractivity contribution is 0.102. The van der Waals surface area contributed by atoms with E-state index in [4.69, 9.17) is 0 Å². The molecule has 3 aromatic carbocycles. The first kappa shape index (κ1) is 19.1. The van der Waals surface area contributed by atoms with Gasteiger partial charge in [0.2, 0.25) is 0 Å². The SMILES string of the molecule is CCN1CCc2ccc(NC(=O)c3ccccc3Sc3ccccc3C#N)cc21. The van der Waals surface area contributed by atoms with Crippen LogP contribution in [-0.4, -0.2) is 19.0 Å². The molecule has 1 heterocycles. The Morgan fingerprint density at radius 1 is 1.10 bits per heavy atom. The van der Waals surface area contributed by atoms with Crippen LogP contribution in [0.5, 0.6) is 0 Å². The first-order valence-electron chi connectivity index (χ1n) is 9.65. The number of nitrogens with zero attached hydrogens (tertiary/aromatic N) is 2. The molecule has 0 fully saturated rings. The molecular formula is C24H21N3OS. The number of amides is 1. The van der Waals surface area contributed by atoms with Gasteiger partial charge in [-0.25, -0.2) is 0 Å². The molecule has 1 N–H and O–H groups in total. The van der Waals surface area contributed by atoms with Crippen molar-refractivity contribution in [2.24, 2.45) is 0 Å². The van der Waals surface area contributed by atoms with Gasteiger partial charge in [0, 0.05) is 34.3 Å². The molecule has 4 nitrogen and oxygen atoms in total. The molecule has 4 rings (SSSR count). The predicted molar refractivity (Wildman–Crippen MR) is 118 cm³/mol. The summed E-state index contributed by atoms with van der Waals surface area (Å²) in [4.78, 5) is 17.0. The van der Waals surface area contributed by atoms with E-state index in [1.54, 1.807) is 6.07 Å². The first-order valence-corrected chi connectivity index (χ1v) is 10.5. The Bertz CT molecular complexity index is 1100. The van der Waals surface area contributed by atoms with Crippen LogP contribution in [0.1, 0.15) is 28.4 Å². The molecule has 1 aliphatic rings. The molecule has 3 aromatic rings. The normalized spacial score (nSPS) is 12.3. The van der Waals surface area contributed by atoms with Gasteiger partial charge in [-0.05, 0) is 55.3 Å². The summed E-state index contributed by atoms with van der Waals surface area (Å²) >= 11 is 1.44. The topological polar surface area (TPSA) is 56.1 Å². The third kappa shape index (κ3) is 3.98. The predicted octanol–water partition coefficient (Wildman–Crippen LogP) is 5.34. The van der Waals surface area contributed by atoms with Gasteiger partial charge in [-0.15, -0.1) is 0 Å². The summed E-state index contributed by atoms with van der Waals surface area (Å²) in [5, 5.41) is 12.4. The number of likely N-dealkylation sites (N-methyl/N-ethyl adjacent to an activating group) is 1. The van der Waals surface area contributed by atoms with E-state index < -0.39 is 0 Å². The van der Waals surface area contributed by atoms with E-state index in [1.165, 1.54) is 23.0 Å². The number of nitrogens with one attached hydrogen (secondary N) is 1. The number of anilines is 2. The average Bonchev–Trinajstić information content (AvgIpc) is 3.17. The smallest absolute Gasteiger partial charge is 0.256 e. The Balaban J connectivity index is 1.58. The van der Waals surface area contributed by atoms with Crippen molar-refractivity contribution >= 4 is 29.0 Å². The molecule has 0 unspecified atom stereocenters. The second kappa shape index (κ2) is 8.42. The lowest BCUT2D eigenvalue weighted by Gasteiger charge is -2.17. The Labute approximate surface area is 175 Å². The highest BCUT2D eigenvalue weighted by atomic mass is 32.2. The van der Waals surface area contributed by atoms with Crippen LogP contribution in [0.4, 0.5) is 11.4 Å². The van der Waals surface area contributed by atoms with Gasteiger partial charge in [-0.3, -0.25) is 4.79 Å².